The fourth-order valence-corrected chi connectivity index (χ4v) is 5.71. The van der Waals surface area contributed by atoms with Crippen molar-refractivity contribution in [2.24, 2.45) is 0 Å². The minimum absolute atomic E-state index is 0.204. The molecular weight excluding hydrogens is 308 g/mol. The molecule has 0 spiro atoms. The summed E-state index contributed by atoms with van der Waals surface area (Å²) in [6, 6.07) is 1.68. The van der Waals surface area contributed by atoms with E-state index in [0.29, 0.717) is 18.1 Å². The third-order valence-electron chi connectivity index (χ3n) is 5.61. The van der Waals surface area contributed by atoms with E-state index in [4.69, 9.17) is 0 Å². The molecule has 2 rings (SSSR count). The minimum Gasteiger partial charge on any atom is -0.312 e. The first kappa shape index (κ1) is 21.1. The van der Waals surface area contributed by atoms with Crippen molar-refractivity contribution in [3.63, 3.8) is 0 Å². The van der Waals surface area contributed by atoms with Crippen LogP contribution in [0.3, 0.4) is 0 Å². The van der Waals surface area contributed by atoms with E-state index in [1.807, 2.05) is 0 Å². The van der Waals surface area contributed by atoms with Crippen molar-refractivity contribution in [3.05, 3.63) is 0 Å². The fraction of sp³-hybridized carbons (Fsp3) is 1.00. The third kappa shape index (κ3) is 6.82. The van der Waals surface area contributed by atoms with Gasteiger partial charge >= 0.3 is 0 Å². The molecule has 1 atom stereocenters. The first-order valence-corrected chi connectivity index (χ1v) is 10.3. The van der Waals surface area contributed by atoms with Gasteiger partial charge in [-0.2, -0.15) is 0 Å². The standard InChI is InChI=1S/C21H44N4/c1-15(23-17-12-20(6,7)25-21(8,9)13-17)14-22-16-10-18(2,3)24-19(4,5)11-16/h15-17,22-25H,10-14H2,1-9H3. The quantitative estimate of drug-likeness (QED) is 0.614. The Kier molecular flexibility index (Phi) is 6.01. The number of piperidine rings is 2. The van der Waals surface area contributed by atoms with Gasteiger partial charge in [0.05, 0.1) is 0 Å². The SMILES string of the molecule is CC(CNC1CC(C)(C)NC(C)(C)C1)NC1CC(C)(C)NC(C)(C)C1. The summed E-state index contributed by atoms with van der Waals surface area (Å²) in [7, 11) is 0. The van der Waals surface area contributed by atoms with E-state index >= 15 is 0 Å². The Morgan fingerprint density at radius 2 is 1.08 bits per heavy atom. The predicted molar refractivity (Wildman–Crippen MR) is 109 cm³/mol. The highest BCUT2D eigenvalue weighted by Gasteiger charge is 2.39. The van der Waals surface area contributed by atoms with E-state index in [1.165, 1.54) is 25.7 Å². The van der Waals surface area contributed by atoms with Crippen molar-refractivity contribution in [2.45, 2.75) is 128 Å². The van der Waals surface area contributed by atoms with Gasteiger partial charge < -0.3 is 21.3 Å². The predicted octanol–water partition coefficient (Wildman–Crippen LogP) is 3.17. The number of rotatable bonds is 5. The lowest BCUT2D eigenvalue weighted by Gasteiger charge is -2.48. The lowest BCUT2D eigenvalue weighted by atomic mass is 9.79. The first-order chi connectivity index (χ1) is 11.2. The van der Waals surface area contributed by atoms with E-state index in [2.05, 4.69) is 83.6 Å². The molecule has 0 aromatic carbocycles. The molecule has 25 heavy (non-hydrogen) atoms. The van der Waals surface area contributed by atoms with Crippen molar-refractivity contribution < 1.29 is 0 Å². The van der Waals surface area contributed by atoms with Gasteiger partial charge in [0.2, 0.25) is 0 Å². The molecule has 0 saturated carbocycles. The van der Waals surface area contributed by atoms with Gasteiger partial charge in [-0.05, 0) is 88.0 Å². The number of hydrogen-bond donors (Lipinski definition) is 4. The van der Waals surface area contributed by atoms with Gasteiger partial charge in [0.25, 0.3) is 0 Å². The average Bonchev–Trinajstić information content (AvgIpc) is 2.28. The monoisotopic (exact) mass is 352 g/mol. The molecule has 2 saturated heterocycles. The topological polar surface area (TPSA) is 48.1 Å². The van der Waals surface area contributed by atoms with Gasteiger partial charge in [0, 0.05) is 46.8 Å². The fourth-order valence-electron chi connectivity index (χ4n) is 5.71. The van der Waals surface area contributed by atoms with Crippen molar-refractivity contribution >= 4 is 0 Å². The van der Waals surface area contributed by atoms with Gasteiger partial charge in [-0.1, -0.05) is 0 Å². The molecule has 2 aliphatic heterocycles. The van der Waals surface area contributed by atoms with Crippen LogP contribution < -0.4 is 21.3 Å². The molecule has 2 fully saturated rings. The summed E-state index contributed by atoms with van der Waals surface area (Å²) in [6.07, 6.45) is 4.76. The van der Waals surface area contributed by atoms with Crippen LogP contribution in [0.1, 0.15) is 88.0 Å². The highest BCUT2D eigenvalue weighted by molar-refractivity contribution is 5.01. The summed E-state index contributed by atoms with van der Waals surface area (Å²) in [5.41, 5.74) is 0.823. The van der Waals surface area contributed by atoms with Crippen LogP contribution in [-0.2, 0) is 0 Å². The second-order valence-electron chi connectivity index (χ2n) is 11.5. The van der Waals surface area contributed by atoms with Gasteiger partial charge in [0.15, 0.2) is 0 Å². The molecule has 4 N–H and O–H groups in total. The second-order valence-corrected chi connectivity index (χ2v) is 11.5. The molecule has 0 radical (unpaired) electrons. The number of hydrogen-bond acceptors (Lipinski definition) is 4. The summed E-state index contributed by atoms with van der Waals surface area (Å²) in [6.45, 7) is 22.0. The normalized spacial score (nSPS) is 30.1. The summed E-state index contributed by atoms with van der Waals surface area (Å²) in [4.78, 5) is 0. The Labute approximate surface area is 156 Å². The molecule has 0 aliphatic carbocycles. The van der Waals surface area contributed by atoms with E-state index < -0.39 is 0 Å². The highest BCUT2D eigenvalue weighted by Crippen LogP contribution is 2.30. The van der Waals surface area contributed by atoms with Crippen LogP contribution >= 0.6 is 0 Å². The van der Waals surface area contributed by atoms with Crippen molar-refractivity contribution in [3.8, 4) is 0 Å². The molecule has 0 aromatic heterocycles. The van der Waals surface area contributed by atoms with Crippen molar-refractivity contribution in [1.82, 2.24) is 21.3 Å². The molecule has 0 bridgehead atoms. The smallest absolute Gasteiger partial charge is 0.0166 e. The molecule has 0 amide bonds. The zero-order valence-electron chi connectivity index (χ0n) is 18.3. The van der Waals surface area contributed by atoms with Crippen molar-refractivity contribution in [1.29, 1.82) is 0 Å². The molecule has 148 valence electrons. The maximum absolute atomic E-state index is 3.89. The lowest BCUT2D eigenvalue weighted by molar-refractivity contribution is 0.132. The Bertz CT molecular complexity index is 421. The van der Waals surface area contributed by atoms with E-state index in [9.17, 15) is 0 Å². The van der Waals surface area contributed by atoms with Crippen LogP contribution in [0.2, 0.25) is 0 Å². The highest BCUT2D eigenvalue weighted by atomic mass is 15.1. The Balaban J connectivity index is 1.83. The van der Waals surface area contributed by atoms with E-state index in [1.54, 1.807) is 0 Å². The summed E-state index contributed by atoms with van der Waals surface area (Å²) < 4.78 is 0. The maximum Gasteiger partial charge on any atom is 0.0166 e. The van der Waals surface area contributed by atoms with Crippen LogP contribution in [0.4, 0.5) is 0 Å². The second kappa shape index (κ2) is 7.10. The first-order valence-electron chi connectivity index (χ1n) is 10.3. The van der Waals surface area contributed by atoms with Gasteiger partial charge in [-0.25, -0.2) is 0 Å². The molecular formula is C21H44N4. The molecule has 2 aliphatic rings. The van der Waals surface area contributed by atoms with Gasteiger partial charge in [-0.3, -0.25) is 0 Å². The lowest BCUT2D eigenvalue weighted by Crippen LogP contribution is -2.64. The number of nitrogens with one attached hydrogen (secondary N) is 4. The third-order valence-corrected chi connectivity index (χ3v) is 5.61. The molecule has 1 unspecified atom stereocenters. The Hall–Kier alpha value is -0.160. The largest absolute Gasteiger partial charge is 0.312 e. The van der Waals surface area contributed by atoms with E-state index in [0.717, 1.165) is 6.54 Å². The van der Waals surface area contributed by atoms with Crippen LogP contribution in [0.5, 0.6) is 0 Å². The zero-order chi connectivity index (χ0) is 19.1. The summed E-state index contributed by atoms with van der Waals surface area (Å²) >= 11 is 0. The Morgan fingerprint density at radius 1 is 0.720 bits per heavy atom. The van der Waals surface area contributed by atoms with Crippen molar-refractivity contribution in [2.75, 3.05) is 6.54 Å². The molecule has 4 heteroatoms. The molecule has 4 nitrogen and oxygen atoms in total. The summed E-state index contributed by atoms with van der Waals surface area (Å²) in [5.74, 6) is 0. The zero-order valence-corrected chi connectivity index (χ0v) is 18.3. The molecule has 2 heterocycles. The van der Waals surface area contributed by atoms with E-state index in [-0.39, 0.29) is 22.2 Å². The van der Waals surface area contributed by atoms with Crippen LogP contribution in [0.25, 0.3) is 0 Å². The van der Waals surface area contributed by atoms with Crippen LogP contribution in [0.15, 0.2) is 0 Å². The maximum atomic E-state index is 3.89. The minimum atomic E-state index is 0.204. The molecule has 0 aromatic rings. The Morgan fingerprint density at radius 3 is 1.48 bits per heavy atom. The average molecular weight is 353 g/mol. The summed E-state index contributed by atoms with van der Waals surface area (Å²) in [5, 5.41) is 15.3. The van der Waals surface area contributed by atoms with Crippen LogP contribution in [-0.4, -0.2) is 46.8 Å². The van der Waals surface area contributed by atoms with Crippen LogP contribution in [0, 0.1) is 0 Å². The van der Waals surface area contributed by atoms with Gasteiger partial charge in [0.1, 0.15) is 0 Å². The van der Waals surface area contributed by atoms with Gasteiger partial charge in [-0.15, -0.1) is 0 Å².